The minimum absolute atomic E-state index is 0.199. The highest BCUT2D eigenvalue weighted by Gasteiger charge is 2.38. The lowest BCUT2D eigenvalue weighted by Crippen LogP contribution is -2.25. The smallest absolute Gasteiger partial charge is 0.437 e. The van der Waals surface area contributed by atoms with E-state index < -0.39 is 27.8 Å². The predicted octanol–water partition coefficient (Wildman–Crippen LogP) is 4.50. The van der Waals surface area contributed by atoms with Gasteiger partial charge in [-0.3, -0.25) is 4.28 Å². The van der Waals surface area contributed by atoms with Crippen molar-refractivity contribution in [1.29, 1.82) is 0 Å². The third kappa shape index (κ3) is 5.76. The summed E-state index contributed by atoms with van der Waals surface area (Å²) in [5, 5.41) is 2.83. The molecule has 0 N–H and O–H groups in total. The van der Waals surface area contributed by atoms with Crippen LogP contribution in [0.2, 0.25) is 0 Å². The molecule has 0 saturated heterocycles. The van der Waals surface area contributed by atoms with Crippen LogP contribution in [0.15, 0.2) is 59.8 Å². The summed E-state index contributed by atoms with van der Waals surface area (Å²) in [7, 11) is -4.16. The largest absolute Gasteiger partial charge is 0.457 e. The summed E-state index contributed by atoms with van der Waals surface area (Å²) < 4.78 is 72.0. The van der Waals surface area contributed by atoms with Gasteiger partial charge in [-0.05, 0) is 42.8 Å². The van der Waals surface area contributed by atoms with Gasteiger partial charge in [0, 0.05) is 5.56 Å². The van der Waals surface area contributed by atoms with Crippen LogP contribution >= 0.6 is 0 Å². The van der Waals surface area contributed by atoms with Crippen LogP contribution in [-0.4, -0.2) is 26.1 Å². The van der Waals surface area contributed by atoms with Crippen molar-refractivity contribution in [3.63, 3.8) is 0 Å². The lowest BCUT2D eigenvalue weighted by Gasteiger charge is -2.11. The van der Waals surface area contributed by atoms with Gasteiger partial charge in [0.2, 0.25) is 0 Å². The molecule has 0 heterocycles. The minimum Gasteiger partial charge on any atom is -0.457 e. The van der Waals surface area contributed by atoms with Gasteiger partial charge in [-0.1, -0.05) is 30.3 Å². The molecule has 0 aliphatic heterocycles. The summed E-state index contributed by atoms with van der Waals surface area (Å²) in [4.78, 5) is 0. The molecule has 5 nitrogen and oxygen atoms in total. The Bertz CT molecular complexity index is 848. The standard InChI is InChI=1S/C17H16F3NO4S/c1-2-12-26(22,23)25-21-16(17(18,19)20)13-8-10-15(11-9-13)24-14-6-4-3-5-7-14/h3-11H,2,12H2,1H3. The Labute approximate surface area is 149 Å². The van der Waals surface area contributed by atoms with Crippen molar-refractivity contribution in [3.8, 4) is 11.5 Å². The SMILES string of the molecule is CCCS(=O)(=O)ON=C(c1ccc(Oc2ccccc2)cc1)C(F)(F)F. The molecular formula is C17H16F3NO4S. The van der Waals surface area contributed by atoms with Crippen LogP contribution in [-0.2, 0) is 14.4 Å². The molecule has 0 atom stereocenters. The van der Waals surface area contributed by atoms with E-state index in [0.717, 1.165) is 12.1 Å². The number of para-hydroxylation sites is 1. The highest BCUT2D eigenvalue weighted by molar-refractivity contribution is 7.86. The summed E-state index contributed by atoms with van der Waals surface area (Å²) >= 11 is 0. The highest BCUT2D eigenvalue weighted by atomic mass is 32.2. The topological polar surface area (TPSA) is 65.0 Å². The predicted molar refractivity (Wildman–Crippen MR) is 90.7 cm³/mol. The number of nitrogens with zero attached hydrogens (tertiary/aromatic N) is 1. The van der Waals surface area contributed by atoms with Gasteiger partial charge in [-0.15, -0.1) is 0 Å². The fraction of sp³-hybridized carbons (Fsp3) is 0.235. The van der Waals surface area contributed by atoms with Gasteiger partial charge in [-0.25, -0.2) is 0 Å². The van der Waals surface area contributed by atoms with Crippen LogP contribution in [0.3, 0.4) is 0 Å². The molecule has 0 aromatic heterocycles. The first-order valence-corrected chi connectivity index (χ1v) is 9.19. The Morgan fingerprint density at radius 3 is 2.12 bits per heavy atom. The number of benzene rings is 2. The maximum atomic E-state index is 13.2. The second-order valence-electron chi connectivity index (χ2n) is 5.21. The first kappa shape index (κ1) is 19.8. The molecule has 0 spiro atoms. The highest BCUT2D eigenvalue weighted by Crippen LogP contribution is 2.26. The van der Waals surface area contributed by atoms with Crippen molar-refractivity contribution < 1.29 is 30.6 Å². The number of rotatable bonds is 7. The quantitative estimate of drug-likeness (QED) is 0.518. The molecule has 2 aromatic rings. The van der Waals surface area contributed by atoms with Crippen LogP contribution in [0, 0.1) is 0 Å². The van der Waals surface area contributed by atoms with Crippen LogP contribution in [0.25, 0.3) is 0 Å². The fourth-order valence-electron chi connectivity index (χ4n) is 1.95. The molecule has 0 aliphatic carbocycles. The number of hydrogen-bond acceptors (Lipinski definition) is 5. The van der Waals surface area contributed by atoms with E-state index in [2.05, 4.69) is 9.44 Å². The zero-order valence-corrected chi connectivity index (χ0v) is 14.5. The molecule has 0 fully saturated rings. The van der Waals surface area contributed by atoms with Gasteiger partial charge < -0.3 is 4.74 Å². The van der Waals surface area contributed by atoms with Gasteiger partial charge in [0.25, 0.3) is 0 Å². The van der Waals surface area contributed by atoms with E-state index in [1.807, 2.05) is 0 Å². The van der Waals surface area contributed by atoms with E-state index in [1.165, 1.54) is 12.1 Å². The van der Waals surface area contributed by atoms with E-state index >= 15 is 0 Å². The lowest BCUT2D eigenvalue weighted by molar-refractivity contribution is -0.0597. The van der Waals surface area contributed by atoms with Crippen molar-refractivity contribution in [1.82, 2.24) is 0 Å². The van der Waals surface area contributed by atoms with Crippen molar-refractivity contribution in [2.24, 2.45) is 5.16 Å². The zero-order chi connectivity index (χ0) is 19.2. The number of oxime groups is 1. The number of halogens is 3. The number of alkyl halides is 3. The molecule has 0 radical (unpaired) electrons. The molecule has 140 valence electrons. The average molecular weight is 387 g/mol. The molecule has 2 rings (SSSR count). The molecule has 0 amide bonds. The Hall–Kier alpha value is -2.55. The molecule has 9 heteroatoms. The normalized spacial score (nSPS) is 12.7. The molecule has 2 aromatic carbocycles. The van der Waals surface area contributed by atoms with Crippen LogP contribution in [0.1, 0.15) is 18.9 Å². The lowest BCUT2D eigenvalue weighted by atomic mass is 10.1. The second-order valence-corrected chi connectivity index (χ2v) is 6.89. The Balaban J connectivity index is 2.23. The van der Waals surface area contributed by atoms with Gasteiger partial charge in [-0.2, -0.15) is 21.6 Å². The first-order valence-electron chi connectivity index (χ1n) is 7.61. The average Bonchev–Trinajstić information content (AvgIpc) is 2.56. The van der Waals surface area contributed by atoms with E-state index in [0.29, 0.717) is 11.5 Å². The summed E-state index contributed by atoms with van der Waals surface area (Å²) in [6, 6.07) is 13.6. The maximum Gasteiger partial charge on any atom is 0.437 e. The monoisotopic (exact) mass is 387 g/mol. The third-order valence-corrected chi connectivity index (χ3v) is 4.28. The summed E-state index contributed by atoms with van der Waals surface area (Å²) in [6.45, 7) is 1.56. The van der Waals surface area contributed by atoms with E-state index in [4.69, 9.17) is 4.74 Å². The van der Waals surface area contributed by atoms with E-state index in [9.17, 15) is 21.6 Å². The van der Waals surface area contributed by atoms with E-state index in [-0.39, 0.29) is 12.0 Å². The van der Waals surface area contributed by atoms with Crippen molar-refractivity contribution in [2.75, 3.05) is 5.75 Å². The molecule has 0 saturated carbocycles. The molecule has 0 bridgehead atoms. The van der Waals surface area contributed by atoms with Gasteiger partial charge >= 0.3 is 16.3 Å². The molecule has 0 aliphatic rings. The summed E-state index contributed by atoms with van der Waals surface area (Å²) in [5.74, 6) is 0.422. The fourth-order valence-corrected chi connectivity index (χ4v) is 2.72. The second kappa shape index (κ2) is 8.22. The first-order chi connectivity index (χ1) is 12.2. The van der Waals surface area contributed by atoms with Crippen LogP contribution in [0.5, 0.6) is 11.5 Å². The Morgan fingerprint density at radius 1 is 1.00 bits per heavy atom. The van der Waals surface area contributed by atoms with Gasteiger partial charge in [0.1, 0.15) is 11.5 Å². The Kier molecular flexibility index (Phi) is 6.25. The van der Waals surface area contributed by atoms with Crippen LogP contribution in [0.4, 0.5) is 13.2 Å². The molecular weight excluding hydrogens is 371 g/mol. The summed E-state index contributed by atoms with van der Waals surface area (Å²) in [5.41, 5.74) is -1.78. The third-order valence-electron chi connectivity index (χ3n) is 3.07. The van der Waals surface area contributed by atoms with Crippen molar-refractivity contribution >= 4 is 15.8 Å². The Morgan fingerprint density at radius 2 is 1.58 bits per heavy atom. The molecule has 0 unspecified atom stereocenters. The van der Waals surface area contributed by atoms with Crippen LogP contribution < -0.4 is 4.74 Å². The maximum absolute atomic E-state index is 13.2. The molecule has 26 heavy (non-hydrogen) atoms. The number of ether oxygens (including phenoxy) is 1. The van der Waals surface area contributed by atoms with E-state index in [1.54, 1.807) is 37.3 Å². The zero-order valence-electron chi connectivity index (χ0n) is 13.7. The van der Waals surface area contributed by atoms with Crippen molar-refractivity contribution in [2.45, 2.75) is 19.5 Å². The summed E-state index contributed by atoms with van der Waals surface area (Å²) in [6.07, 6.45) is -4.69. The van der Waals surface area contributed by atoms with Gasteiger partial charge in [0.15, 0.2) is 5.71 Å². The minimum atomic E-state index is -4.89. The van der Waals surface area contributed by atoms with Crippen molar-refractivity contribution in [3.05, 3.63) is 60.2 Å². The van der Waals surface area contributed by atoms with Gasteiger partial charge in [0.05, 0.1) is 5.75 Å². The number of hydrogen-bond donors (Lipinski definition) is 0.